The maximum atomic E-state index is 13.9. The Morgan fingerprint density at radius 2 is 1.81 bits per heavy atom. The fourth-order valence-corrected chi connectivity index (χ4v) is 3.34. The molecule has 0 radical (unpaired) electrons. The lowest BCUT2D eigenvalue weighted by Gasteiger charge is -2.18. The van der Waals surface area contributed by atoms with Gasteiger partial charge in [-0.05, 0) is 29.8 Å². The van der Waals surface area contributed by atoms with Crippen LogP contribution in [0.3, 0.4) is 0 Å². The molecule has 1 heterocycles. The number of ether oxygens (including phenoxy) is 1. The molecule has 0 bridgehead atoms. The molecule has 0 N–H and O–H groups in total. The van der Waals surface area contributed by atoms with Gasteiger partial charge in [0.25, 0.3) is 0 Å². The fourth-order valence-electron chi connectivity index (χ4n) is 2.62. The monoisotopic (exact) mass is 352 g/mol. The summed E-state index contributed by atoms with van der Waals surface area (Å²) in [5.41, 5.74) is 1.83. The molecule has 0 spiro atoms. The third-order valence-electron chi connectivity index (χ3n) is 3.87. The zero-order chi connectivity index (χ0) is 15.2. The first-order valence-corrected chi connectivity index (χ1v) is 7.67. The lowest BCUT2D eigenvalue weighted by molar-refractivity contribution is 0.291. The summed E-state index contributed by atoms with van der Waals surface area (Å²) in [6, 6.07) is 9.58. The van der Waals surface area contributed by atoms with E-state index in [9.17, 15) is 8.78 Å². The molecule has 110 valence electrons. The molecule has 2 aromatic rings. The van der Waals surface area contributed by atoms with Gasteiger partial charge in [0.1, 0.15) is 17.4 Å². The number of fused-ring (bicyclic) bond motifs is 1. The topological polar surface area (TPSA) is 9.23 Å². The van der Waals surface area contributed by atoms with Crippen molar-refractivity contribution in [2.75, 3.05) is 6.61 Å². The molecule has 3 rings (SSSR count). The second-order valence-electron chi connectivity index (χ2n) is 5.93. The SMILES string of the molecule is CC1(C)COc2ccc(C(Br)c3c(F)cccc3F)cc21. The van der Waals surface area contributed by atoms with Crippen molar-refractivity contribution in [3.63, 3.8) is 0 Å². The zero-order valence-electron chi connectivity index (χ0n) is 11.8. The number of hydrogen-bond acceptors (Lipinski definition) is 1. The zero-order valence-corrected chi connectivity index (χ0v) is 13.4. The van der Waals surface area contributed by atoms with E-state index in [1.165, 1.54) is 18.2 Å². The Morgan fingerprint density at radius 3 is 2.48 bits per heavy atom. The molecule has 1 atom stereocenters. The lowest BCUT2D eigenvalue weighted by Crippen LogP contribution is -2.18. The van der Waals surface area contributed by atoms with Crippen molar-refractivity contribution in [1.29, 1.82) is 0 Å². The van der Waals surface area contributed by atoms with Gasteiger partial charge in [0, 0.05) is 16.5 Å². The number of benzene rings is 2. The molecule has 0 aromatic heterocycles. The molecule has 0 saturated heterocycles. The van der Waals surface area contributed by atoms with Crippen LogP contribution in [0.5, 0.6) is 5.75 Å². The predicted octanol–water partition coefficient (Wildman–Crippen LogP) is 5.12. The summed E-state index contributed by atoms with van der Waals surface area (Å²) in [7, 11) is 0. The number of rotatable bonds is 2. The van der Waals surface area contributed by atoms with Crippen LogP contribution in [0.4, 0.5) is 8.78 Å². The van der Waals surface area contributed by atoms with Crippen molar-refractivity contribution in [3.8, 4) is 5.75 Å². The fraction of sp³-hybridized carbons (Fsp3) is 0.294. The highest BCUT2D eigenvalue weighted by atomic mass is 79.9. The summed E-state index contributed by atoms with van der Waals surface area (Å²) in [4.78, 5) is -0.527. The smallest absolute Gasteiger partial charge is 0.130 e. The number of hydrogen-bond donors (Lipinski definition) is 0. The highest BCUT2D eigenvalue weighted by Crippen LogP contribution is 2.42. The van der Waals surface area contributed by atoms with Gasteiger partial charge in [-0.15, -0.1) is 0 Å². The van der Waals surface area contributed by atoms with Gasteiger partial charge in [0.2, 0.25) is 0 Å². The summed E-state index contributed by atoms with van der Waals surface area (Å²) in [6.45, 7) is 4.80. The van der Waals surface area contributed by atoms with Crippen LogP contribution in [0.2, 0.25) is 0 Å². The maximum absolute atomic E-state index is 13.9. The van der Waals surface area contributed by atoms with Gasteiger partial charge in [-0.2, -0.15) is 0 Å². The Morgan fingerprint density at radius 1 is 1.14 bits per heavy atom. The van der Waals surface area contributed by atoms with Gasteiger partial charge < -0.3 is 4.74 Å². The average Bonchev–Trinajstić information content (AvgIpc) is 2.74. The standard InChI is InChI=1S/C17H15BrF2O/c1-17(2)9-21-14-7-6-10(8-11(14)17)16(18)15-12(19)4-3-5-13(15)20/h3-8,16H,9H2,1-2H3. The molecule has 1 aliphatic heterocycles. The normalized spacial score (nSPS) is 17.2. The molecule has 0 aliphatic carbocycles. The van der Waals surface area contributed by atoms with Gasteiger partial charge >= 0.3 is 0 Å². The summed E-state index contributed by atoms with van der Waals surface area (Å²) in [6.07, 6.45) is 0. The van der Waals surface area contributed by atoms with Crippen LogP contribution in [0.1, 0.15) is 35.4 Å². The minimum atomic E-state index is -0.548. The van der Waals surface area contributed by atoms with Crippen molar-refractivity contribution in [1.82, 2.24) is 0 Å². The molecule has 1 aliphatic rings. The third kappa shape index (κ3) is 2.46. The quantitative estimate of drug-likeness (QED) is 0.681. The summed E-state index contributed by atoms with van der Waals surface area (Å²) in [5.74, 6) is -0.252. The molecular weight excluding hydrogens is 338 g/mol. The maximum Gasteiger partial charge on any atom is 0.130 e. The van der Waals surface area contributed by atoms with Crippen LogP contribution >= 0.6 is 15.9 Å². The second-order valence-corrected chi connectivity index (χ2v) is 6.84. The van der Waals surface area contributed by atoms with Crippen LogP contribution in [-0.2, 0) is 5.41 Å². The average molecular weight is 353 g/mol. The summed E-state index contributed by atoms with van der Waals surface area (Å²) in [5, 5.41) is 0. The molecule has 2 aromatic carbocycles. The first kappa shape index (κ1) is 14.5. The highest BCUT2D eigenvalue weighted by Gasteiger charge is 2.32. The van der Waals surface area contributed by atoms with E-state index in [-0.39, 0.29) is 11.0 Å². The van der Waals surface area contributed by atoms with E-state index in [1.54, 1.807) is 0 Å². The van der Waals surface area contributed by atoms with Crippen molar-refractivity contribution in [3.05, 3.63) is 64.7 Å². The number of halogens is 3. The summed E-state index contributed by atoms with van der Waals surface area (Å²) < 4.78 is 33.5. The predicted molar refractivity (Wildman–Crippen MR) is 82.1 cm³/mol. The van der Waals surface area contributed by atoms with E-state index in [4.69, 9.17) is 4.74 Å². The minimum absolute atomic E-state index is 0.0363. The van der Waals surface area contributed by atoms with E-state index in [0.29, 0.717) is 6.61 Å². The van der Waals surface area contributed by atoms with Crippen LogP contribution in [0.15, 0.2) is 36.4 Å². The van der Waals surface area contributed by atoms with Gasteiger partial charge in [0.05, 0.1) is 11.4 Å². The minimum Gasteiger partial charge on any atom is -0.492 e. The Balaban J connectivity index is 2.06. The molecular formula is C17H15BrF2O. The van der Waals surface area contributed by atoms with E-state index in [1.807, 2.05) is 18.2 Å². The van der Waals surface area contributed by atoms with Crippen LogP contribution in [0.25, 0.3) is 0 Å². The van der Waals surface area contributed by atoms with Gasteiger partial charge in [-0.1, -0.05) is 41.9 Å². The molecule has 21 heavy (non-hydrogen) atoms. The summed E-state index contributed by atoms with van der Waals surface area (Å²) >= 11 is 3.42. The Labute approximate surface area is 131 Å². The van der Waals surface area contributed by atoms with E-state index < -0.39 is 16.5 Å². The van der Waals surface area contributed by atoms with Gasteiger partial charge in [0.15, 0.2) is 0 Å². The molecule has 0 fully saturated rings. The van der Waals surface area contributed by atoms with Crippen LogP contribution < -0.4 is 4.74 Å². The molecule has 1 unspecified atom stereocenters. The molecule has 4 heteroatoms. The second kappa shape index (κ2) is 5.09. The largest absolute Gasteiger partial charge is 0.492 e. The van der Waals surface area contributed by atoms with Crippen molar-refractivity contribution in [2.24, 2.45) is 0 Å². The lowest BCUT2D eigenvalue weighted by atomic mass is 9.85. The van der Waals surface area contributed by atoms with Crippen molar-refractivity contribution < 1.29 is 13.5 Å². The first-order valence-electron chi connectivity index (χ1n) is 6.75. The molecule has 0 saturated carbocycles. The van der Waals surface area contributed by atoms with E-state index >= 15 is 0 Å². The Bertz CT molecular complexity index is 677. The molecule has 1 nitrogen and oxygen atoms in total. The first-order chi connectivity index (χ1) is 9.90. The number of alkyl halides is 1. The van der Waals surface area contributed by atoms with Gasteiger partial charge in [-0.25, -0.2) is 8.78 Å². The highest BCUT2D eigenvalue weighted by molar-refractivity contribution is 9.09. The Kier molecular flexibility index (Phi) is 3.52. The van der Waals surface area contributed by atoms with E-state index in [2.05, 4.69) is 29.8 Å². The molecule has 0 amide bonds. The van der Waals surface area contributed by atoms with Gasteiger partial charge in [-0.3, -0.25) is 0 Å². The van der Waals surface area contributed by atoms with Crippen LogP contribution in [-0.4, -0.2) is 6.61 Å². The van der Waals surface area contributed by atoms with E-state index in [0.717, 1.165) is 16.9 Å². The third-order valence-corrected chi connectivity index (χ3v) is 4.85. The van der Waals surface area contributed by atoms with Crippen LogP contribution in [0, 0.1) is 11.6 Å². The van der Waals surface area contributed by atoms with Crippen molar-refractivity contribution >= 4 is 15.9 Å². The Hall–Kier alpha value is -1.42. The van der Waals surface area contributed by atoms with Crippen molar-refractivity contribution in [2.45, 2.75) is 24.1 Å².